The lowest BCUT2D eigenvalue weighted by molar-refractivity contribution is 0.161. The van der Waals surface area contributed by atoms with Crippen molar-refractivity contribution in [2.75, 3.05) is 13.2 Å². The highest BCUT2D eigenvalue weighted by atomic mass is 16.6. The smallest absolute Gasteiger partial charge is 0.224 e. The van der Waals surface area contributed by atoms with E-state index >= 15 is 0 Å². The molecule has 0 aliphatic carbocycles. The quantitative estimate of drug-likeness (QED) is 0.564. The summed E-state index contributed by atoms with van der Waals surface area (Å²) in [7, 11) is 0. The van der Waals surface area contributed by atoms with Gasteiger partial charge in [0.2, 0.25) is 11.5 Å². The largest absolute Gasteiger partial charge is 0.486 e. The number of para-hydroxylation sites is 1. The maximum atomic E-state index is 11.1. The van der Waals surface area contributed by atoms with Gasteiger partial charge in [0.15, 0.2) is 5.75 Å². The summed E-state index contributed by atoms with van der Waals surface area (Å²) < 4.78 is 10.3. The molecule has 0 N–H and O–H groups in total. The molecule has 11 heavy (non-hydrogen) atoms. The average Bonchev–Trinajstić information content (AvgIpc) is 2.06. The van der Waals surface area contributed by atoms with Gasteiger partial charge in [0.05, 0.1) is 0 Å². The Balaban J connectivity index is 2.49. The first kappa shape index (κ1) is 6.34. The fourth-order valence-electron chi connectivity index (χ4n) is 1.05. The van der Waals surface area contributed by atoms with E-state index in [-0.39, 0.29) is 5.75 Å². The zero-order valence-electron chi connectivity index (χ0n) is 5.87. The Morgan fingerprint density at radius 1 is 1.18 bits per heavy atom. The first-order valence-corrected chi connectivity index (χ1v) is 3.43. The maximum absolute atomic E-state index is 11.1. The summed E-state index contributed by atoms with van der Waals surface area (Å²) in [5.74, 6) is 0.796. The van der Waals surface area contributed by atoms with Crippen LogP contribution in [0.2, 0.25) is 0 Å². The molecule has 1 heterocycles. The van der Waals surface area contributed by atoms with Crippen LogP contribution in [0.3, 0.4) is 0 Å². The molecule has 0 spiro atoms. The maximum Gasteiger partial charge on any atom is 0.224 e. The second-order valence-corrected chi connectivity index (χ2v) is 2.28. The van der Waals surface area contributed by atoms with Crippen LogP contribution < -0.4 is 9.47 Å². The Hall–Kier alpha value is -1.38. The number of hydrogen-bond acceptors (Lipinski definition) is 2. The fourth-order valence-corrected chi connectivity index (χ4v) is 1.05. The van der Waals surface area contributed by atoms with Gasteiger partial charge in [-0.1, -0.05) is 6.07 Å². The Kier molecular flexibility index (Phi) is 1.35. The van der Waals surface area contributed by atoms with Gasteiger partial charge in [0, 0.05) is 0 Å². The Labute approximate surface area is 64.2 Å². The Morgan fingerprint density at radius 3 is 2.82 bits per heavy atom. The predicted molar refractivity (Wildman–Crippen MR) is 37.6 cm³/mol. The highest BCUT2D eigenvalue weighted by Crippen LogP contribution is 2.38. The molecule has 1 aromatic carbocycles. The van der Waals surface area contributed by atoms with Crippen LogP contribution in [-0.4, -0.2) is 13.2 Å². The van der Waals surface area contributed by atoms with E-state index in [0.717, 1.165) is 0 Å². The molecule has 0 unspecified atom stereocenters. The van der Waals surface area contributed by atoms with Gasteiger partial charge in [0.1, 0.15) is 13.2 Å². The third-order valence-corrected chi connectivity index (χ3v) is 1.53. The van der Waals surface area contributed by atoms with Gasteiger partial charge in [-0.05, 0) is 12.1 Å². The standard InChI is InChI=1S/C8H7O3/c9-6-2-1-3-7-8(6)11-5-4-10-7/h1-3H,4-5H2. The summed E-state index contributed by atoms with van der Waals surface area (Å²) >= 11 is 0. The van der Waals surface area contributed by atoms with Gasteiger partial charge in [0.25, 0.3) is 0 Å². The van der Waals surface area contributed by atoms with E-state index in [4.69, 9.17) is 9.47 Å². The van der Waals surface area contributed by atoms with Gasteiger partial charge < -0.3 is 9.47 Å². The lowest BCUT2D eigenvalue weighted by atomic mass is 10.3. The van der Waals surface area contributed by atoms with Gasteiger partial charge in [-0.3, -0.25) is 5.11 Å². The van der Waals surface area contributed by atoms with Crippen molar-refractivity contribution < 1.29 is 14.6 Å². The first-order chi connectivity index (χ1) is 5.38. The zero-order valence-corrected chi connectivity index (χ0v) is 5.87. The molecule has 0 fully saturated rings. The molecule has 3 heteroatoms. The molecule has 0 amide bonds. The third kappa shape index (κ3) is 0.981. The van der Waals surface area contributed by atoms with Gasteiger partial charge in [-0.2, -0.15) is 0 Å². The predicted octanol–water partition coefficient (Wildman–Crippen LogP) is 1.60. The lowest BCUT2D eigenvalue weighted by Gasteiger charge is -2.17. The number of fused-ring (bicyclic) bond motifs is 1. The van der Waals surface area contributed by atoms with E-state index in [9.17, 15) is 5.11 Å². The second-order valence-electron chi connectivity index (χ2n) is 2.28. The van der Waals surface area contributed by atoms with Crippen LogP contribution >= 0.6 is 0 Å². The number of hydrogen-bond donors (Lipinski definition) is 0. The van der Waals surface area contributed by atoms with Gasteiger partial charge in [-0.25, -0.2) is 0 Å². The average molecular weight is 151 g/mol. The van der Waals surface area contributed by atoms with Crippen LogP contribution in [-0.2, 0) is 5.11 Å². The molecule has 0 atom stereocenters. The topological polar surface area (TPSA) is 38.4 Å². The van der Waals surface area contributed by atoms with Crippen molar-refractivity contribution in [1.82, 2.24) is 0 Å². The third-order valence-electron chi connectivity index (χ3n) is 1.53. The molecule has 1 radical (unpaired) electrons. The van der Waals surface area contributed by atoms with Crippen molar-refractivity contribution in [1.29, 1.82) is 0 Å². The Bertz CT molecular complexity index is 270. The van der Waals surface area contributed by atoms with Crippen molar-refractivity contribution in [2.24, 2.45) is 0 Å². The summed E-state index contributed by atoms with van der Waals surface area (Å²) in [6.07, 6.45) is 0. The van der Waals surface area contributed by atoms with Gasteiger partial charge >= 0.3 is 0 Å². The second kappa shape index (κ2) is 2.34. The van der Waals surface area contributed by atoms with E-state index in [1.165, 1.54) is 6.07 Å². The molecule has 57 valence electrons. The van der Waals surface area contributed by atoms with E-state index in [0.29, 0.717) is 24.7 Å². The summed E-state index contributed by atoms with van der Waals surface area (Å²) in [6, 6.07) is 4.86. The fraction of sp³-hybridized carbons (Fsp3) is 0.250. The van der Waals surface area contributed by atoms with Crippen LogP contribution in [0.15, 0.2) is 18.2 Å². The minimum Gasteiger partial charge on any atom is -0.486 e. The number of benzene rings is 1. The molecule has 3 nitrogen and oxygen atoms in total. The molecule has 0 saturated carbocycles. The highest BCUT2D eigenvalue weighted by molar-refractivity contribution is 5.50. The molecule has 1 aliphatic rings. The van der Waals surface area contributed by atoms with E-state index in [1.807, 2.05) is 0 Å². The summed E-state index contributed by atoms with van der Waals surface area (Å²) in [5, 5.41) is 11.1. The lowest BCUT2D eigenvalue weighted by Crippen LogP contribution is -2.14. The van der Waals surface area contributed by atoms with Crippen LogP contribution in [0.4, 0.5) is 0 Å². The van der Waals surface area contributed by atoms with Crippen LogP contribution in [0.5, 0.6) is 17.2 Å². The van der Waals surface area contributed by atoms with Crippen LogP contribution in [0, 0.1) is 0 Å². The van der Waals surface area contributed by atoms with Crippen molar-refractivity contribution in [2.45, 2.75) is 0 Å². The van der Waals surface area contributed by atoms with Crippen LogP contribution in [0.25, 0.3) is 0 Å². The summed E-state index contributed by atoms with van der Waals surface area (Å²) in [6.45, 7) is 0.989. The molecular weight excluding hydrogens is 144 g/mol. The minimum absolute atomic E-state index is 0.109. The van der Waals surface area contributed by atoms with Gasteiger partial charge in [-0.15, -0.1) is 0 Å². The minimum atomic E-state index is -0.109. The molecule has 0 bridgehead atoms. The SMILES string of the molecule is [O]c1cccc2c1OCCO2. The zero-order chi connectivity index (χ0) is 7.68. The molecule has 1 aliphatic heterocycles. The number of ether oxygens (including phenoxy) is 2. The molecule has 1 aromatic rings. The molecular formula is C8H7O3. The van der Waals surface area contributed by atoms with Crippen molar-refractivity contribution in [3.63, 3.8) is 0 Å². The molecule has 2 rings (SSSR count). The molecule has 0 saturated heterocycles. The number of rotatable bonds is 0. The Morgan fingerprint density at radius 2 is 2.00 bits per heavy atom. The van der Waals surface area contributed by atoms with Crippen molar-refractivity contribution >= 4 is 0 Å². The van der Waals surface area contributed by atoms with Crippen molar-refractivity contribution in [3.8, 4) is 17.2 Å². The first-order valence-electron chi connectivity index (χ1n) is 3.43. The summed E-state index contributed by atoms with van der Waals surface area (Å²) in [5.41, 5.74) is 0. The monoisotopic (exact) mass is 151 g/mol. The van der Waals surface area contributed by atoms with Crippen molar-refractivity contribution in [3.05, 3.63) is 18.2 Å². The molecule has 0 aromatic heterocycles. The normalized spacial score (nSPS) is 14.5. The van der Waals surface area contributed by atoms with E-state index in [2.05, 4.69) is 0 Å². The van der Waals surface area contributed by atoms with E-state index in [1.54, 1.807) is 12.1 Å². The van der Waals surface area contributed by atoms with E-state index < -0.39 is 0 Å². The van der Waals surface area contributed by atoms with Crippen LogP contribution in [0.1, 0.15) is 0 Å². The summed E-state index contributed by atoms with van der Waals surface area (Å²) in [4.78, 5) is 0. The highest BCUT2D eigenvalue weighted by Gasteiger charge is 2.15.